The lowest BCUT2D eigenvalue weighted by atomic mass is 9.87. The van der Waals surface area contributed by atoms with Crippen molar-refractivity contribution in [1.82, 2.24) is 10.2 Å². The molecule has 0 heterocycles. The summed E-state index contributed by atoms with van der Waals surface area (Å²) in [5, 5.41) is 3.01. The van der Waals surface area contributed by atoms with Crippen molar-refractivity contribution in [3.63, 3.8) is 0 Å². The number of rotatable bonds is 12. The quantitative estimate of drug-likeness (QED) is 0.303. The van der Waals surface area contributed by atoms with E-state index in [0.29, 0.717) is 18.7 Å². The van der Waals surface area contributed by atoms with Gasteiger partial charge in [0.15, 0.2) is 0 Å². The van der Waals surface area contributed by atoms with E-state index in [2.05, 4.69) is 26.1 Å². The van der Waals surface area contributed by atoms with Crippen LogP contribution in [0.15, 0.2) is 78.9 Å². The van der Waals surface area contributed by atoms with Crippen LogP contribution >= 0.6 is 0 Å². The highest BCUT2D eigenvalue weighted by Gasteiger charge is 2.33. The first-order valence-electron chi connectivity index (χ1n) is 14.4. The van der Waals surface area contributed by atoms with Gasteiger partial charge in [0, 0.05) is 19.5 Å². The Kier molecular flexibility index (Phi) is 11.0. The Labute approximate surface area is 252 Å². The van der Waals surface area contributed by atoms with Crippen LogP contribution in [0.5, 0.6) is 0 Å². The topological polar surface area (TPSA) is 86.8 Å². The van der Waals surface area contributed by atoms with Crippen molar-refractivity contribution < 1.29 is 18.0 Å². The molecule has 3 rings (SSSR count). The zero-order chi connectivity index (χ0) is 31.1. The molecule has 0 aliphatic heterocycles. The minimum Gasteiger partial charge on any atom is -0.354 e. The van der Waals surface area contributed by atoms with Crippen LogP contribution in [-0.4, -0.2) is 50.5 Å². The van der Waals surface area contributed by atoms with Gasteiger partial charge in [0.2, 0.25) is 21.8 Å². The maximum atomic E-state index is 14.2. The van der Waals surface area contributed by atoms with Gasteiger partial charge in [-0.15, -0.1) is 0 Å². The Morgan fingerprint density at radius 1 is 0.881 bits per heavy atom. The van der Waals surface area contributed by atoms with Crippen LogP contribution in [0.2, 0.25) is 0 Å². The fourth-order valence-corrected chi connectivity index (χ4v) is 5.57. The number of amides is 2. The van der Waals surface area contributed by atoms with Gasteiger partial charge in [-0.2, -0.15) is 0 Å². The van der Waals surface area contributed by atoms with Crippen molar-refractivity contribution in [2.24, 2.45) is 5.92 Å². The number of nitrogens with zero attached hydrogens (tertiary/aromatic N) is 2. The molecule has 42 heavy (non-hydrogen) atoms. The van der Waals surface area contributed by atoms with Gasteiger partial charge in [0.1, 0.15) is 12.6 Å². The van der Waals surface area contributed by atoms with E-state index in [1.54, 1.807) is 12.1 Å². The Balaban J connectivity index is 2.04. The molecule has 0 aromatic heterocycles. The summed E-state index contributed by atoms with van der Waals surface area (Å²) in [6.45, 7) is 12.4. The summed E-state index contributed by atoms with van der Waals surface area (Å²) in [5.41, 5.74) is 4.14. The summed E-state index contributed by atoms with van der Waals surface area (Å²) in [6, 6.07) is 23.7. The molecule has 0 saturated carbocycles. The molecule has 0 spiro atoms. The molecule has 0 aliphatic rings. The highest BCUT2D eigenvalue weighted by Crippen LogP contribution is 2.26. The number of carbonyl (C=O) groups excluding carboxylic acids is 2. The molecule has 0 radical (unpaired) electrons. The zero-order valence-corrected chi connectivity index (χ0v) is 26.7. The van der Waals surface area contributed by atoms with E-state index in [4.69, 9.17) is 0 Å². The maximum absolute atomic E-state index is 14.2. The molecular weight excluding hydrogens is 546 g/mol. The van der Waals surface area contributed by atoms with Crippen molar-refractivity contribution >= 4 is 27.5 Å². The predicted molar refractivity (Wildman–Crippen MR) is 171 cm³/mol. The van der Waals surface area contributed by atoms with Gasteiger partial charge in [0.05, 0.1) is 11.9 Å². The minimum atomic E-state index is -3.82. The maximum Gasteiger partial charge on any atom is 0.244 e. The van der Waals surface area contributed by atoms with Crippen LogP contribution in [0.3, 0.4) is 0 Å². The molecule has 0 aliphatic carbocycles. The number of nitrogens with one attached hydrogen (secondary N) is 1. The van der Waals surface area contributed by atoms with Crippen LogP contribution in [-0.2, 0) is 38.0 Å². The summed E-state index contributed by atoms with van der Waals surface area (Å²) < 4.78 is 27.2. The number of hydrogen-bond donors (Lipinski definition) is 1. The molecule has 3 aromatic rings. The molecule has 7 nitrogen and oxygen atoms in total. The van der Waals surface area contributed by atoms with E-state index in [1.165, 1.54) is 4.90 Å². The summed E-state index contributed by atoms with van der Waals surface area (Å²) in [4.78, 5) is 29.4. The van der Waals surface area contributed by atoms with Crippen molar-refractivity contribution in [3.8, 4) is 0 Å². The molecule has 1 atom stereocenters. The fourth-order valence-electron chi connectivity index (χ4n) is 4.73. The largest absolute Gasteiger partial charge is 0.354 e. The zero-order valence-electron chi connectivity index (χ0n) is 25.9. The normalized spacial score (nSPS) is 12.6. The smallest absolute Gasteiger partial charge is 0.244 e. The third-order valence-electron chi connectivity index (χ3n) is 7.09. The standard InChI is InChI=1S/C34H45N3O4S/c1-25(2)22-35-33(39)31(21-27-13-9-8-10-14-27)36(23-28-15-11-12-26(3)20-28)32(38)24-37(42(7,40)41)30-18-16-29(17-19-30)34(4,5)6/h8-20,25,31H,21-24H2,1-7H3,(H,35,39)/t31-/m1/s1. The summed E-state index contributed by atoms with van der Waals surface area (Å²) in [6.07, 6.45) is 1.39. The van der Waals surface area contributed by atoms with E-state index in [-0.39, 0.29) is 23.8 Å². The van der Waals surface area contributed by atoms with Gasteiger partial charge in [-0.05, 0) is 47.1 Å². The number of carbonyl (C=O) groups is 2. The molecule has 0 fully saturated rings. The van der Waals surface area contributed by atoms with Crippen molar-refractivity contribution in [3.05, 3.63) is 101 Å². The highest BCUT2D eigenvalue weighted by molar-refractivity contribution is 7.92. The first-order valence-corrected chi connectivity index (χ1v) is 16.2. The summed E-state index contributed by atoms with van der Waals surface area (Å²) in [7, 11) is -3.82. The van der Waals surface area contributed by atoms with Gasteiger partial charge in [-0.1, -0.05) is 107 Å². The number of hydrogen-bond acceptors (Lipinski definition) is 4. The average molecular weight is 592 g/mol. The van der Waals surface area contributed by atoms with Gasteiger partial charge in [0.25, 0.3) is 0 Å². The van der Waals surface area contributed by atoms with Crippen molar-refractivity contribution in [2.75, 3.05) is 23.7 Å². The van der Waals surface area contributed by atoms with Crippen LogP contribution in [0, 0.1) is 12.8 Å². The molecule has 3 aromatic carbocycles. The van der Waals surface area contributed by atoms with E-state index in [0.717, 1.165) is 32.8 Å². The Morgan fingerprint density at radius 3 is 2.05 bits per heavy atom. The van der Waals surface area contributed by atoms with Gasteiger partial charge in [-0.3, -0.25) is 13.9 Å². The number of sulfonamides is 1. The second kappa shape index (κ2) is 14.0. The number of benzene rings is 3. The van der Waals surface area contributed by atoms with Crippen molar-refractivity contribution in [2.45, 2.75) is 66.0 Å². The lowest BCUT2D eigenvalue weighted by Gasteiger charge is -2.34. The minimum absolute atomic E-state index is 0.108. The molecule has 1 N–H and O–H groups in total. The number of anilines is 1. The third-order valence-corrected chi connectivity index (χ3v) is 8.23. The molecule has 0 bridgehead atoms. The molecular formula is C34H45N3O4S. The predicted octanol–water partition coefficient (Wildman–Crippen LogP) is 5.47. The van der Waals surface area contributed by atoms with Gasteiger partial charge in [-0.25, -0.2) is 8.42 Å². The van der Waals surface area contributed by atoms with E-state index in [1.807, 2.05) is 87.5 Å². The molecule has 226 valence electrons. The third kappa shape index (κ3) is 9.44. The Hall–Kier alpha value is -3.65. The second-order valence-electron chi connectivity index (χ2n) is 12.4. The summed E-state index contributed by atoms with van der Waals surface area (Å²) in [5.74, 6) is -0.500. The summed E-state index contributed by atoms with van der Waals surface area (Å²) >= 11 is 0. The molecule has 0 unspecified atom stereocenters. The van der Waals surface area contributed by atoms with Crippen molar-refractivity contribution in [1.29, 1.82) is 0 Å². The number of aryl methyl sites for hydroxylation is 1. The molecule has 0 saturated heterocycles. The lowest BCUT2D eigenvalue weighted by molar-refractivity contribution is -0.140. The average Bonchev–Trinajstić information content (AvgIpc) is 2.91. The Bertz CT molecular complexity index is 1450. The highest BCUT2D eigenvalue weighted by atomic mass is 32.2. The van der Waals surface area contributed by atoms with Crippen LogP contribution < -0.4 is 9.62 Å². The van der Waals surface area contributed by atoms with Crippen LogP contribution in [0.1, 0.15) is 56.9 Å². The van der Waals surface area contributed by atoms with Crippen LogP contribution in [0.4, 0.5) is 5.69 Å². The van der Waals surface area contributed by atoms with E-state index < -0.39 is 28.5 Å². The lowest BCUT2D eigenvalue weighted by Crippen LogP contribution is -2.53. The molecule has 8 heteroatoms. The molecule has 2 amide bonds. The van der Waals surface area contributed by atoms with Gasteiger partial charge >= 0.3 is 0 Å². The van der Waals surface area contributed by atoms with E-state index >= 15 is 0 Å². The second-order valence-corrected chi connectivity index (χ2v) is 14.3. The van der Waals surface area contributed by atoms with E-state index in [9.17, 15) is 18.0 Å². The monoisotopic (exact) mass is 591 g/mol. The Morgan fingerprint density at radius 2 is 1.50 bits per heavy atom. The first-order chi connectivity index (χ1) is 19.6. The first kappa shape index (κ1) is 32.9. The van der Waals surface area contributed by atoms with Crippen LogP contribution in [0.25, 0.3) is 0 Å². The fraction of sp³-hybridized carbons (Fsp3) is 0.412. The SMILES string of the molecule is Cc1cccc(CN(C(=O)CN(c2ccc(C(C)(C)C)cc2)S(C)(=O)=O)[C@H](Cc2ccccc2)C(=O)NCC(C)C)c1. The van der Waals surface area contributed by atoms with Gasteiger partial charge < -0.3 is 10.2 Å².